The van der Waals surface area contributed by atoms with Crippen LogP contribution < -0.4 is 4.90 Å². The number of aromatic nitrogens is 1. The summed E-state index contributed by atoms with van der Waals surface area (Å²) in [7, 11) is 0. The molecule has 0 radical (unpaired) electrons. The predicted molar refractivity (Wildman–Crippen MR) is 70.2 cm³/mol. The molecule has 1 unspecified atom stereocenters. The van der Waals surface area contributed by atoms with Gasteiger partial charge in [0.25, 0.3) is 0 Å². The molecule has 1 saturated heterocycles. The van der Waals surface area contributed by atoms with Gasteiger partial charge in [-0.15, -0.1) is 0 Å². The Bertz CT molecular complexity index is 398. The van der Waals surface area contributed by atoms with Crippen LogP contribution in [0.2, 0.25) is 0 Å². The SMILES string of the molecule is CC1(C)CN(c2cccc(Br)n2)CC(CO)O1. The lowest BCUT2D eigenvalue weighted by Crippen LogP contribution is -2.54. The molecule has 4 nitrogen and oxygen atoms in total. The topological polar surface area (TPSA) is 45.6 Å². The smallest absolute Gasteiger partial charge is 0.130 e. The van der Waals surface area contributed by atoms with Crippen molar-refractivity contribution >= 4 is 21.7 Å². The van der Waals surface area contributed by atoms with Crippen molar-refractivity contribution in [3.05, 3.63) is 22.8 Å². The zero-order chi connectivity index (χ0) is 12.5. The normalized spacial score (nSPS) is 23.8. The van der Waals surface area contributed by atoms with E-state index in [4.69, 9.17) is 4.74 Å². The molecule has 5 heteroatoms. The molecule has 0 bridgehead atoms. The number of aliphatic hydroxyl groups excluding tert-OH is 1. The fraction of sp³-hybridized carbons (Fsp3) is 0.583. The average molecular weight is 301 g/mol. The lowest BCUT2D eigenvalue weighted by atomic mass is 10.1. The van der Waals surface area contributed by atoms with Gasteiger partial charge in [-0.05, 0) is 41.9 Å². The third-order valence-electron chi connectivity index (χ3n) is 2.71. The summed E-state index contributed by atoms with van der Waals surface area (Å²) in [5.41, 5.74) is -0.268. The highest BCUT2D eigenvalue weighted by atomic mass is 79.9. The lowest BCUT2D eigenvalue weighted by molar-refractivity contribution is -0.101. The molecule has 1 N–H and O–H groups in total. The second-order valence-electron chi connectivity index (χ2n) is 4.88. The fourth-order valence-corrected chi connectivity index (χ4v) is 2.47. The summed E-state index contributed by atoms with van der Waals surface area (Å²) >= 11 is 3.37. The second-order valence-corrected chi connectivity index (χ2v) is 5.69. The number of anilines is 1. The summed E-state index contributed by atoms with van der Waals surface area (Å²) in [4.78, 5) is 6.58. The van der Waals surface area contributed by atoms with E-state index >= 15 is 0 Å². The number of nitrogens with zero attached hydrogens (tertiary/aromatic N) is 2. The molecule has 17 heavy (non-hydrogen) atoms. The molecule has 1 aliphatic rings. The average Bonchev–Trinajstić information content (AvgIpc) is 2.27. The van der Waals surface area contributed by atoms with E-state index in [2.05, 4.69) is 25.8 Å². The van der Waals surface area contributed by atoms with Gasteiger partial charge >= 0.3 is 0 Å². The Hall–Kier alpha value is -0.650. The summed E-state index contributed by atoms with van der Waals surface area (Å²) < 4.78 is 6.59. The van der Waals surface area contributed by atoms with Gasteiger partial charge in [0.1, 0.15) is 10.4 Å². The largest absolute Gasteiger partial charge is 0.394 e. The molecule has 0 aromatic carbocycles. The van der Waals surface area contributed by atoms with E-state index in [9.17, 15) is 5.11 Å². The predicted octanol–water partition coefficient (Wildman–Crippen LogP) is 1.82. The van der Waals surface area contributed by atoms with Crippen LogP contribution in [-0.2, 0) is 4.74 Å². The highest BCUT2D eigenvalue weighted by Crippen LogP contribution is 2.25. The number of ether oxygens (including phenoxy) is 1. The highest BCUT2D eigenvalue weighted by Gasteiger charge is 2.33. The molecule has 2 rings (SSSR count). The Morgan fingerprint density at radius 3 is 3.00 bits per heavy atom. The van der Waals surface area contributed by atoms with Gasteiger partial charge in [-0.25, -0.2) is 4.98 Å². The zero-order valence-electron chi connectivity index (χ0n) is 10.1. The third kappa shape index (κ3) is 3.18. The number of morpholine rings is 1. The van der Waals surface area contributed by atoms with Crippen molar-refractivity contribution in [1.29, 1.82) is 0 Å². The van der Waals surface area contributed by atoms with Crippen LogP contribution in [0.5, 0.6) is 0 Å². The molecule has 1 atom stereocenters. The van der Waals surface area contributed by atoms with E-state index in [1.165, 1.54) is 0 Å². The first-order valence-electron chi connectivity index (χ1n) is 5.66. The van der Waals surface area contributed by atoms with Gasteiger partial charge in [-0.1, -0.05) is 6.07 Å². The summed E-state index contributed by atoms with van der Waals surface area (Å²) in [6, 6.07) is 5.84. The van der Waals surface area contributed by atoms with Gasteiger partial charge < -0.3 is 14.7 Å². The van der Waals surface area contributed by atoms with Crippen LogP contribution in [0.3, 0.4) is 0 Å². The maximum absolute atomic E-state index is 9.26. The quantitative estimate of drug-likeness (QED) is 0.846. The molecule has 1 aromatic rings. The van der Waals surface area contributed by atoms with E-state index in [1.807, 2.05) is 32.0 Å². The summed E-state index contributed by atoms with van der Waals surface area (Å²) in [5.74, 6) is 0.911. The van der Waals surface area contributed by atoms with E-state index in [0.29, 0.717) is 6.54 Å². The number of hydrogen-bond acceptors (Lipinski definition) is 4. The molecule has 0 amide bonds. The molecule has 2 heterocycles. The molecule has 0 saturated carbocycles. The second kappa shape index (κ2) is 4.92. The van der Waals surface area contributed by atoms with Crippen molar-refractivity contribution in [3.8, 4) is 0 Å². The van der Waals surface area contributed by atoms with E-state index in [-0.39, 0.29) is 18.3 Å². The molecule has 0 spiro atoms. The maximum atomic E-state index is 9.26. The Balaban J connectivity index is 2.20. The zero-order valence-corrected chi connectivity index (χ0v) is 11.6. The minimum absolute atomic E-state index is 0.0356. The molecule has 1 fully saturated rings. The Labute approximate surface area is 110 Å². The molecule has 94 valence electrons. The van der Waals surface area contributed by atoms with Gasteiger partial charge in [0.15, 0.2) is 0 Å². The summed E-state index contributed by atoms with van der Waals surface area (Å²) in [5, 5.41) is 9.26. The molecular weight excluding hydrogens is 284 g/mol. The van der Waals surface area contributed by atoms with E-state index < -0.39 is 0 Å². The maximum Gasteiger partial charge on any atom is 0.130 e. The summed E-state index contributed by atoms with van der Waals surface area (Å²) in [6.45, 7) is 5.53. The number of halogens is 1. The first kappa shape index (κ1) is 12.8. The number of aliphatic hydroxyl groups is 1. The van der Waals surface area contributed by atoms with E-state index in [1.54, 1.807) is 0 Å². The monoisotopic (exact) mass is 300 g/mol. The molecular formula is C12H17BrN2O2. The van der Waals surface area contributed by atoms with Crippen LogP contribution in [0.25, 0.3) is 0 Å². The van der Waals surface area contributed by atoms with Crippen LogP contribution >= 0.6 is 15.9 Å². The number of pyridine rings is 1. The van der Waals surface area contributed by atoms with Gasteiger partial charge in [-0.2, -0.15) is 0 Å². The standard InChI is InChI=1S/C12H17BrN2O2/c1-12(2)8-15(6-9(7-16)17-12)11-5-3-4-10(13)14-11/h3-5,9,16H,6-8H2,1-2H3. The van der Waals surface area contributed by atoms with Crippen molar-refractivity contribution in [2.45, 2.75) is 25.6 Å². The molecule has 1 aromatic heterocycles. The third-order valence-corrected chi connectivity index (χ3v) is 3.15. The Morgan fingerprint density at radius 2 is 2.35 bits per heavy atom. The minimum Gasteiger partial charge on any atom is -0.394 e. The van der Waals surface area contributed by atoms with E-state index in [0.717, 1.165) is 17.0 Å². The first-order valence-corrected chi connectivity index (χ1v) is 6.46. The van der Waals surface area contributed by atoms with Crippen LogP contribution in [-0.4, -0.2) is 41.5 Å². The van der Waals surface area contributed by atoms with Crippen molar-refractivity contribution < 1.29 is 9.84 Å². The highest BCUT2D eigenvalue weighted by molar-refractivity contribution is 9.10. The lowest BCUT2D eigenvalue weighted by Gasteiger charge is -2.42. The van der Waals surface area contributed by atoms with Gasteiger partial charge in [0, 0.05) is 13.1 Å². The fourth-order valence-electron chi connectivity index (χ4n) is 2.14. The van der Waals surface area contributed by atoms with Gasteiger partial charge in [0.2, 0.25) is 0 Å². The van der Waals surface area contributed by atoms with Gasteiger partial charge in [-0.3, -0.25) is 0 Å². The molecule has 0 aliphatic carbocycles. The minimum atomic E-state index is -0.268. The van der Waals surface area contributed by atoms with Gasteiger partial charge in [0.05, 0.1) is 18.3 Å². The number of rotatable bonds is 2. The molecule has 1 aliphatic heterocycles. The van der Waals surface area contributed by atoms with Crippen molar-refractivity contribution in [2.75, 3.05) is 24.6 Å². The van der Waals surface area contributed by atoms with Crippen molar-refractivity contribution in [1.82, 2.24) is 4.98 Å². The van der Waals surface area contributed by atoms with Crippen molar-refractivity contribution in [2.24, 2.45) is 0 Å². The first-order chi connectivity index (χ1) is 8.00. The van der Waals surface area contributed by atoms with Crippen LogP contribution in [0.15, 0.2) is 22.8 Å². The summed E-state index contributed by atoms with van der Waals surface area (Å²) in [6.07, 6.45) is -0.153. The number of hydrogen-bond donors (Lipinski definition) is 1. The van der Waals surface area contributed by atoms with Crippen molar-refractivity contribution in [3.63, 3.8) is 0 Å². The Morgan fingerprint density at radius 1 is 1.59 bits per heavy atom. The Kier molecular flexibility index (Phi) is 3.70. The van der Waals surface area contributed by atoms with Crippen LogP contribution in [0.4, 0.5) is 5.82 Å². The van der Waals surface area contributed by atoms with Crippen LogP contribution in [0, 0.1) is 0 Å². The van der Waals surface area contributed by atoms with Crippen LogP contribution in [0.1, 0.15) is 13.8 Å².